The van der Waals surface area contributed by atoms with Crippen molar-refractivity contribution in [3.63, 3.8) is 0 Å². The van der Waals surface area contributed by atoms with Crippen LogP contribution in [0.2, 0.25) is 0 Å². The van der Waals surface area contributed by atoms with E-state index in [4.69, 9.17) is 10.2 Å². The van der Waals surface area contributed by atoms with Crippen LogP contribution in [0.3, 0.4) is 0 Å². The monoisotopic (exact) mass is 383 g/mol. The number of furan rings is 1. The van der Waals surface area contributed by atoms with Gasteiger partial charge in [-0.25, -0.2) is 0 Å². The summed E-state index contributed by atoms with van der Waals surface area (Å²) in [4.78, 5) is 26.8. The van der Waals surface area contributed by atoms with E-state index in [-0.39, 0.29) is 41.4 Å². The van der Waals surface area contributed by atoms with Crippen LogP contribution in [0.25, 0.3) is 0 Å². The Labute approximate surface area is 156 Å². The maximum Gasteiger partial charge on any atom is 0.291 e. The molecule has 3 N–H and O–H groups in total. The molecular weight excluding hydrogens is 362 g/mol. The highest BCUT2D eigenvalue weighted by Crippen LogP contribution is 2.31. The second-order valence-electron chi connectivity index (χ2n) is 6.71. The molecule has 136 valence electrons. The van der Waals surface area contributed by atoms with Crippen LogP contribution >= 0.6 is 23.7 Å². The highest BCUT2D eigenvalue weighted by Gasteiger charge is 2.36. The average Bonchev–Trinajstić information content (AvgIpc) is 3.20. The third kappa shape index (κ3) is 4.05. The summed E-state index contributed by atoms with van der Waals surface area (Å²) in [6, 6.07) is 5.06. The summed E-state index contributed by atoms with van der Waals surface area (Å²) in [5.74, 6) is -0.227. The van der Waals surface area contributed by atoms with Gasteiger partial charge in [0.25, 0.3) is 11.8 Å². The zero-order chi connectivity index (χ0) is 17.3. The molecule has 3 heterocycles. The van der Waals surface area contributed by atoms with Crippen LogP contribution in [0.1, 0.15) is 41.2 Å². The van der Waals surface area contributed by atoms with Gasteiger partial charge < -0.3 is 20.4 Å². The van der Waals surface area contributed by atoms with Gasteiger partial charge in [-0.2, -0.15) is 0 Å². The van der Waals surface area contributed by atoms with Crippen molar-refractivity contribution in [1.82, 2.24) is 4.90 Å². The summed E-state index contributed by atoms with van der Waals surface area (Å²) in [5.41, 5.74) is 6.52. The minimum Gasteiger partial charge on any atom is -0.459 e. The minimum absolute atomic E-state index is 0. The average molecular weight is 384 g/mol. The van der Waals surface area contributed by atoms with Gasteiger partial charge in [0.2, 0.25) is 0 Å². The molecule has 2 amide bonds. The first-order chi connectivity index (χ1) is 11.4. The number of nitrogens with two attached hydrogens (primary N) is 1. The molecule has 1 saturated heterocycles. The number of carbonyl (C=O) groups excluding carboxylic acids is 2. The van der Waals surface area contributed by atoms with Crippen LogP contribution in [0.5, 0.6) is 0 Å². The van der Waals surface area contributed by atoms with E-state index >= 15 is 0 Å². The van der Waals surface area contributed by atoms with Gasteiger partial charge in [0.1, 0.15) is 5.00 Å². The van der Waals surface area contributed by atoms with Gasteiger partial charge in [0, 0.05) is 19.1 Å². The largest absolute Gasteiger partial charge is 0.459 e. The summed E-state index contributed by atoms with van der Waals surface area (Å²) in [6.45, 7) is 5.38. The molecule has 1 aliphatic heterocycles. The highest BCUT2D eigenvalue weighted by atomic mass is 35.5. The molecule has 6 nitrogen and oxygen atoms in total. The van der Waals surface area contributed by atoms with Crippen LogP contribution in [-0.2, 0) is 0 Å². The summed E-state index contributed by atoms with van der Waals surface area (Å²) in [5, 5.41) is 5.09. The predicted octanol–water partition coefficient (Wildman–Crippen LogP) is 3.21. The van der Waals surface area contributed by atoms with Crippen molar-refractivity contribution in [2.24, 2.45) is 11.1 Å². The van der Waals surface area contributed by atoms with E-state index in [1.54, 1.807) is 23.6 Å². The number of nitrogens with one attached hydrogen (secondary N) is 1. The minimum atomic E-state index is -0.363. The van der Waals surface area contributed by atoms with Crippen LogP contribution in [0.4, 0.5) is 5.00 Å². The van der Waals surface area contributed by atoms with Crippen molar-refractivity contribution < 1.29 is 14.0 Å². The normalized spacial score (nSPS) is 19.2. The first-order valence-electron chi connectivity index (χ1n) is 7.86. The number of nitrogens with zero attached hydrogens (tertiary/aromatic N) is 1. The number of piperidine rings is 1. The van der Waals surface area contributed by atoms with Crippen LogP contribution in [0, 0.1) is 5.41 Å². The molecule has 2 aromatic rings. The van der Waals surface area contributed by atoms with Crippen molar-refractivity contribution in [2.45, 2.75) is 26.3 Å². The smallest absolute Gasteiger partial charge is 0.291 e. The highest BCUT2D eigenvalue weighted by molar-refractivity contribution is 7.14. The van der Waals surface area contributed by atoms with E-state index < -0.39 is 0 Å². The summed E-state index contributed by atoms with van der Waals surface area (Å²) < 4.78 is 5.08. The van der Waals surface area contributed by atoms with Gasteiger partial charge in [-0.15, -0.1) is 23.7 Å². The van der Waals surface area contributed by atoms with E-state index in [0.29, 0.717) is 23.7 Å². The zero-order valence-corrected chi connectivity index (χ0v) is 15.8. The maximum absolute atomic E-state index is 12.9. The Hall–Kier alpha value is -1.83. The van der Waals surface area contributed by atoms with E-state index in [9.17, 15) is 9.59 Å². The predicted molar refractivity (Wildman–Crippen MR) is 101 cm³/mol. The molecule has 1 fully saturated rings. The van der Waals surface area contributed by atoms with E-state index in [1.807, 2.05) is 4.90 Å². The Morgan fingerprint density at radius 1 is 1.40 bits per heavy atom. The zero-order valence-electron chi connectivity index (χ0n) is 14.2. The molecule has 0 bridgehead atoms. The number of carbonyl (C=O) groups is 2. The summed E-state index contributed by atoms with van der Waals surface area (Å²) in [7, 11) is 0. The maximum atomic E-state index is 12.9. The Morgan fingerprint density at radius 3 is 2.80 bits per heavy atom. The molecule has 0 radical (unpaired) electrons. The molecular formula is C17H22ClN3O3S. The third-order valence-corrected chi connectivity index (χ3v) is 5.30. The number of anilines is 1. The molecule has 0 saturated carbocycles. The van der Waals surface area contributed by atoms with Crippen molar-refractivity contribution >= 4 is 40.6 Å². The fourth-order valence-electron chi connectivity index (χ4n) is 2.86. The lowest BCUT2D eigenvalue weighted by Crippen LogP contribution is -2.54. The Balaban J connectivity index is 0.00000225. The summed E-state index contributed by atoms with van der Waals surface area (Å²) in [6.07, 6.45) is 2.21. The first-order valence-corrected chi connectivity index (χ1v) is 8.73. The standard InChI is InChI=1S/C17H21N3O3S.ClH/c1-17(2)10-20(7-5-13(17)18)16(22)11-6-9-24-15(11)19-14(21)12-4-3-8-23-12;/h3-4,6,8-9,13H,5,7,10,18H2,1-2H3,(H,19,21);1H. The molecule has 0 spiro atoms. The Bertz CT molecular complexity index is 742. The second-order valence-corrected chi connectivity index (χ2v) is 7.62. The van der Waals surface area contributed by atoms with Crippen LogP contribution in [0.15, 0.2) is 34.3 Å². The number of thiophene rings is 1. The van der Waals surface area contributed by atoms with Gasteiger partial charge >= 0.3 is 0 Å². The van der Waals surface area contributed by atoms with Gasteiger partial charge in [-0.05, 0) is 35.4 Å². The van der Waals surface area contributed by atoms with Crippen molar-refractivity contribution in [3.05, 3.63) is 41.2 Å². The van der Waals surface area contributed by atoms with Crippen molar-refractivity contribution in [1.29, 1.82) is 0 Å². The number of hydrogen-bond acceptors (Lipinski definition) is 5. The molecule has 25 heavy (non-hydrogen) atoms. The molecule has 0 aliphatic carbocycles. The number of amides is 2. The first kappa shape index (κ1) is 19.5. The van der Waals surface area contributed by atoms with Gasteiger partial charge in [0.15, 0.2) is 5.76 Å². The fourth-order valence-corrected chi connectivity index (χ4v) is 3.64. The van der Waals surface area contributed by atoms with E-state index in [2.05, 4.69) is 19.2 Å². The number of halogens is 1. The Kier molecular flexibility index (Phi) is 5.92. The number of likely N-dealkylation sites (tertiary alicyclic amines) is 1. The van der Waals surface area contributed by atoms with Crippen LogP contribution in [-0.4, -0.2) is 35.8 Å². The third-order valence-electron chi connectivity index (χ3n) is 4.47. The lowest BCUT2D eigenvalue weighted by Gasteiger charge is -2.42. The molecule has 8 heteroatoms. The topological polar surface area (TPSA) is 88.6 Å². The van der Waals surface area contributed by atoms with Crippen molar-refractivity contribution in [2.75, 3.05) is 18.4 Å². The quantitative estimate of drug-likeness (QED) is 0.851. The molecule has 1 atom stereocenters. The molecule has 1 aliphatic rings. The van der Waals surface area contributed by atoms with Gasteiger partial charge in [-0.1, -0.05) is 13.8 Å². The molecule has 3 rings (SSSR count). The fraction of sp³-hybridized carbons (Fsp3) is 0.412. The lowest BCUT2D eigenvalue weighted by atomic mass is 9.79. The van der Waals surface area contributed by atoms with Gasteiger partial charge in [-0.3, -0.25) is 9.59 Å². The number of hydrogen-bond donors (Lipinski definition) is 2. The van der Waals surface area contributed by atoms with Gasteiger partial charge in [0.05, 0.1) is 11.8 Å². The molecule has 1 unspecified atom stereocenters. The second kappa shape index (κ2) is 7.59. The van der Waals surface area contributed by atoms with E-state index in [1.165, 1.54) is 17.6 Å². The van der Waals surface area contributed by atoms with E-state index in [0.717, 1.165) is 6.42 Å². The molecule has 2 aromatic heterocycles. The summed E-state index contributed by atoms with van der Waals surface area (Å²) >= 11 is 1.32. The van der Waals surface area contributed by atoms with Crippen LogP contribution < -0.4 is 11.1 Å². The molecule has 0 aromatic carbocycles. The lowest BCUT2D eigenvalue weighted by molar-refractivity contribution is 0.0534. The Morgan fingerprint density at radius 2 is 2.16 bits per heavy atom. The number of rotatable bonds is 3. The van der Waals surface area contributed by atoms with Crippen molar-refractivity contribution in [3.8, 4) is 0 Å². The SMILES string of the molecule is CC1(C)CN(C(=O)c2ccsc2NC(=O)c2ccco2)CCC1N.Cl.